The Bertz CT molecular complexity index is 461. The van der Waals surface area contributed by atoms with Gasteiger partial charge in [0.1, 0.15) is 11.2 Å². The van der Waals surface area contributed by atoms with Gasteiger partial charge in [-0.1, -0.05) is 13.8 Å². The molecule has 0 atom stereocenters. The highest BCUT2D eigenvalue weighted by Gasteiger charge is 2.56. The Morgan fingerprint density at radius 1 is 1.30 bits per heavy atom. The van der Waals surface area contributed by atoms with Crippen molar-refractivity contribution < 1.29 is 14.0 Å². The second kappa shape index (κ2) is 6.11. The van der Waals surface area contributed by atoms with Crippen molar-refractivity contribution in [3.8, 4) is 0 Å². The van der Waals surface area contributed by atoms with E-state index in [1.165, 1.54) is 0 Å². The quantitative estimate of drug-likeness (QED) is 0.748. The second-order valence-electron chi connectivity index (χ2n) is 5.78. The summed E-state index contributed by atoms with van der Waals surface area (Å²) in [4.78, 5) is 24.3. The van der Waals surface area contributed by atoms with Crippen molar-refractivity contribution in [3.05, 3.63) is 24.2 Å². The first-order chi connectivity index (χ1) is 9.54. The van der Waals surface area contributed by atoms with E-state index in [1.54, 1.807) is 18.4 Å². The average molecular weight is 278 g/mol. The number of nitrogens with one attached hydrogen (secondary N) is 2. The van der Waals surface area contributed by atoms with Crippen LogP contribution in [0.2, 0.25) is 0 Å². The SMILES string of the molecule is CC(C)CCNC(=O)C1(C(=O)NCc2ccco2)CC1. The van der Waals surface area contributed by atoms with E-state index in [0.717, 1.165) is 6.42 Å². The maximum Gasteiger partial charge on any atom is 0.236 e. The molecule has 0 aliphatic heterocycles. The Morgan fingerprint density at radius 2 is 2.00 bits per heavy atom. The van der Waals surface area contributed by atoms with Crippen LogP contribution in [0.4, 0.5) is 0 Å². The number of carbonyl (C=O) groups is 2. The van der Waals surface area contributed by atoms with Gasteiger partial charge in [0.2, 0.25) is 11.8 Å². The monoisotopic (exact) mass is 278 g/mol. The first-order valence-electron chi connectivity index (χ1n) is 7.13. The van der Waals surface area contributed by atoms with Crippen LogP contribution in [0.3, 0.4) is 0 Å². The Kier molecular flexibility index (Phi) is 4.47. The summed E-state index contributed by atoms with van der Waals surface area (Å²) < 4.78 is 5.15. The average Bonchev–Trinajstić information content (AvgIpc) is 3.06. The van der Waals surface area contributed by atoms with Gasteiger partial charge in [0.25, 0.3) is 0 Å². The molecule has 5 heteroatoms. The molecule has 110 valence electrons. The van der Waals surface area contributed by atoms with E-state index in [1.807, 2.05) is 0 Å². The molecule has 0 aromatic carbocycles. The van der Waals surface area contributed by atoms with Crippen molar-refractivity contribution in [2.75, 3.05) is 6.54 Å². The Balaban J connectivity index is 1.80. The predicted octanol–water partition coefficient (Wildman–Crippen LogP) is 1.84. The summed E-state index contributed by atoms with van der Waals surface area (Å²) in [6.45, 7) is 5.17. The maximum absolute atomic E-state index is 12.1. The van der Waals surface area contributed by atoms with E-state index in [2.05, 4.69) is 24.5 Å². The van der Waals surface area contributed by atoms with Gasteiger partial charge in [0.05, 0.1) is 12.8 Å². The number of rotatable bonds is 7. The summed E-state index contributed by atoms with van der Waals surface area (Å²) in [6.07, 6.45) is 3.75. The second-order valence-corrected chi connectivity index (χ2v) is 5.78. The van der Waals surface area contributed by atoms with Crippen LogP contribution in [0, 0.1) is 11.3 Å². The lowest BCUT2D eigenvalue weighted by Crippen LogP contribution is -2.43. The fourth-order valence-corrected chi connectivity index (χ4v) is 2.08. The topological polar surface area (TPSA) is 71.3 Å². The molecule has 2 N–H and O–H groups in total. The molecule has 1 fully saturated rings. The molecule has 20 heavy (non-hydrogen) atoms. The minimum Gasteiger partial charge on any atom is -0.467 e. The lowest BCUT2D eigenvalue weighted by Gasteiger charge is -2.15. The molecule has 1 saturated carbocycles. The Hall–Kier alpha value is -1.78. The van der Waals surface area contributed by atoms with E-state index in [9.17, 15) is 9.59 Å². The molecule has 1 aliphatic rings. The Morgan fingerprint density at radius 3 is 2.55 bits per heavy atom. The van der Waals surface area contributed by atoms with Crippen LogP contribution in [-0.4, -0.2) is 18.4 Å². The number of hydrogen-bond donors (Lipinski definition) is 2. The molecule has 1 aromatic heterocycles. The van der Waals surface area contributed by atoms with E-state index in [-0.39, 0.29) is 11.8 Å². The third kappa shape index (κ3) is 3.40. The van der Waals surface area contributed by atoms with E-state index < -0.39 is 5.41 Å². The highest BCUT2D eigenvalue weighted by atomic mass is 16.3. The van der Waals surface area contributed by atoms with Crippen LogP contribution >= 0.6 is 0 Å². The molecule has 0 radical (unpaired) electrons. The van der Waals surface area contributed by atoms with Crippen LogP contribution in [0.1, 0.15) is 38.9 Å². The largest absolute Gasteiger partial charge is 0.467 e. The summed E-state index contributed by atoms with van der Waals surface area (Å²) in [5.41, 5.74) is -0.844. The molecule has 1 heterocycles. The molecular formula is C15H22N2O3. The molecule has 0 spiro atoms. The first-order valence-corrected chi connectivity index (χ1v) is 7.13. The minimum atomic E-state index is -0.844. The summed E-state index contributed by atoms with van der Waals surface area (Å²) in [5, 5.41) is 5.64. The zero-order valence-corrected chi connectivity index (χ0v) is 12.1. The van der Waals surface area contributed by atoms with E-state index in [0.29, 0.717) is 37.6 Å². The molecule has 2 amide bonds. The van der Waals surface area contributed by atoms with Crippen molar-refractivity contribution in [2.45, 2.75) is 39.7 Å². The highest BCUT2D eigenvalue weighted by Crippen LogP contribution is 2.46. The van der Waals surface area contributed by atoms with Crippen molar-refractivity contribution in [1.29, 1.82) is 0 Å². The Labute approximate surface area is 119 Å². The maximum atomic E-state index is 12.1. The van der Waals surface area contributed by atoms with Crippen molar-refractivity contribution in [3.63, 3.8) is 0 Å². The summed E-state index contributed by atoms with van der Waals surface area (Å²) >= 11 is 0. The van der Waals surface area contributed by atoms with Gasteiger partial charge >= 0.3 is 0 Å². The molecule has 5 nitrogen and oxygen atoms in total. The van der Waals surface area contributed by atoms with Gasteiger partial charge < -0.3 is 15.1 Å². The van der Waals surface area contributed by atoms with Crippen molar-refractivity contribution >= 4 is 11.8 Å². The van der Waals surface area contributed by atoms with E-state index in [4.69, 9.17) is 4.42 Å². The summed E-state index contributed by atoms with van der Waals surface area (Å²) in [7, 11) is 0. The van der Waals surface area contributed by atoms with E-state index >= 15 is 0 Å². The first kappa shape index (κ1) is 14.6. The molecule has 2 rings (SSSR count). The smallest absolute Gasteiger partial charge is 0.236 e. The number of furan rings is 1. The molecule has 1 aliphatic carbocycles. The lowest BCUT2D eigenvalue weighted by molar-refractivity contribution is -0.137. The van der Waals surface area contributed by atoms with Crippen LogP contribution in [0.5, 0.6) is 0 Å². The van der Waals surface area contributed by atoms with Gasteiger partial charge in [-0.05, 0) is 37.3 Å². The van der Waals surface area contributed by atoms with Gasteiger partial charge in [0.15, 0.2) is 0 Å². The zero-order chi connectivity index (χ0) is 14.6. The number of amides is 2. The molecule has 1 aromatic rings. The van der Waals surface area contributed by atoms with Crippen molar-refractivity contribution in [2.24, 2.45) is 11.3 Å². The summed E-state index contributed by atoms with van der Waals surface area (Å²) in [5.74, 6) is 0.888. The van der Waals surface area contributed by atoms with Gasteiger partial charge in [-0.25, -0.2) is 0 Å². The van der Waals surface area contributed by atoms with Crippen LogP contribution < -0.4 is 10.6 Å². The van der Waals surface area contributed by atoms with Gasteiger partial charge in [-0.2, -0.15) is 0 Å². The number of carbonyl (C=O) groups excluding carboxylic acids is 2. The van der Waals surface area contributed by atoms with Crippen LogP contribution in [0.15, 0.2) is 22.8 Å². The lowest BCUT2D eigenvalue weighted by atomic mass is 10.0. The number of hydrogen-bond acceptors (Lipinski definition) is 3. The zero-order valence-electron chi connectivity index (χ0n) is 12.1. The highest BCUT2D eigenvalue weighted by molar-refractivity contribution is 6.07. The van der Waals surface area contributed by atoms with Crippen LogP contribution in [-0.2, 0) is 16.1 Å². The molecule has 0 bridgehead atoms. The predicted molar refractivity (Wildman–Crippen MR) is 74.7 cm³/mol. The third-order valence-electron chi connectivity index (χ3n) is 3.63. The molecule has 0 unspecified atom stereocenters. The third-order valence-corrected chi connectivity index (χ3v) is 3.63. The minimum absolute atomic E-state index is 0.143. The van der Waals surface area contributed by atoms with Gasteiger partial charge in [-0.3, -0.25) is 9.59 Å². The fraction of sp³-hybridized carbons (Fsp3) is 0.600. The standard InChI is InChI=1S/C15H22N2O3/c1-11(2)5-8-16-13(18)15(6-7-15)14(19)17-10-12-4-3-9-20-12/h3-4,9,11H,5-8,10H2,1-2H3,(H,16,18)(H,17,19). The molecular weight excluding hydrogens is 256 g/mol. The van der Waals surface area contributed by atoms with Gasteiger partial charge in [-0.15, -0.1) is 0 Å². The van der Waals surface area contributed by atoms with Crippen molar-refractivity contribution in [1.82, 2.24) is 10.6 Å². The van der Waals surface area contributed by atoms with Gasteiger partial charge in [0, 0.05) is 6.54 Å². The van der Waals surface area contributed by atoms with Crippen LogP contribution in [0.25, 0.3) is 0 Å². The summed E-state index contributed by atoms with van der Waals surface area (Å²) in [6, 6.07) is 3.57. The fourth-order valence-electron chi connectivity index (χ4n) is 2.08. The normalized spacial score (nSPS) is 15.9. The molecule has 0 saturated heterocycles.